The topological polar surface area (TPSA) is 80.6 Å². The molecule has 0 saturated heterocycles. The second-order valence-electron chi connectivity index (χ2n) is 5.64. The predicted octanol–water partition coefficient (Wildman–Crippen LogP) is 2.49. The summed E-state index contributed by atoms with van der Waals surface area (Å²) in [6, 6.07) is 0. The summed E-state index contributed by atoms with van der Waals surface area (Å²) < 4.78 is 0. The van der Waals surface area contributed by atoms with Crippen LogP contribution in [0, 0.1) is 0 Å². The number of rotatable bonds is 14. The van der Waals surface area contributed by atoms with Crippen molar-refractivity contribution in [3.63, 3.8) is 0 Å². The first-order valence-corrected chi connectivity index (χ1v) is 8.43. The van der Waals surface area contributed by atoms with E-state index in [1.807, 2.05) is 12.2 Å². The summed E-state index contributed by atoms with van der Waals surface area (Å²) in [5, 5.41) is 29.9. The Balaban J connectivity index is 3.55. The summed E-state index contributed by atoms with van der Waals surface area (Å²) in [6.45, 7) is 2.09. The van der Waals surface area contributed by atoms with Crippen LogP contribution in [0.15, 0.2) is 24.3 Å². The summed E-state index contributed by atoms with van der Waals surface area (Å²) in [5.74, 6) is -0.989. The number of aliphatic hydroxyl groups excluding tert-OH is 2. The molecule has 0 aliphatic heterocycles. The number of carboxylic acids is 1. The standard InChI is InChI=1S/C18H32O4/c1-2-3-4-5-7-10-13-16(19)17(20)14-11-8-6-9-12-15-18(21)22/h3-4,7,10,16-17,19-20H,2,5-6,8-9,11-15H2,1H3,(H,21,22)/p-1/b4-3-,10-7-. The lowest BCUT2D eigenvalue weighted by atomic mass is 10.0. The SMILES string of the molecule is CC/C=C\C/C=C\CC(O)C(O)CCCCCCCC(=O)[O-]. The van der Waals surface area contributed by atoms with Gasteiger partial charge in [0.05, 0.1) is 12.2 Å². The molecule has 0 fully saturated rings. The first kappa shape index (κ1) is 20.9. The molecule has 0 radical (unpaired) electrons. The molecule has 2 atom stereocenters. The highest BCUT2D eigenvalue weighted by atomic mass is 16.4. The number of aliphatic carboxylic acids is 1. The van der Waals surface area contributed by atoms with Crippen LogP contribution in [0.3, 0.4) is 0 Å². The fraction of sp³-hybridized carbons (Fsp3) is 0.722. The smallest absolute Gasteiger partial charge is 0.0833 e. The third kappa shape index (κ3) is 13.8. The zero-order chi connectivity index (χ0) is 16.6. The molecule has 0 bridgehead atoms. The summed E-state index contributed by atoms with van der Waals surface area (Å²) in [4.78, 5) is 10.2. The summed E-state index contributed by atoms with van der Waals surface area (Å²) in [5.41, 5.74) is 0. The largest absolute Gasteiger partial charge is 0.550 e. The number of carbonyl (C=O) groups is 1. The van der Waals surface area contributed by atoms with Crippen LogP contribution in [0.4, 0.5) is 0 Å². The Kier molecular flexibility index (Phi) is 14.0. The minimum Gasteiger partial charge on any atom is -0.550 e. The minimum atomic E-state index is -0.989. The van der Waals surface area contributed by atoms with E-state index in [1.54, 1.807) is 0 Å². The Morgan fingerprint density at radius 1 is 0.955 bits per heavy atom. The van der Waals surface area contributed by atoms with Crippen LogP contribution >= 0.6 is 0 Å². The Hall–Kier alpha value is -1.13. The zero-order valence-corrected chi connectivity index (χ0v) is 13.7. The van der Waals surface area contributed by atoms with Crippen LogP contribution in [-0.2, 0) is 4.79 Å². The highest BCUT2D eigenvalue weighted by Gasteiger charge is 2.13. The molecule has 0 aromatic carbocycles. The van der Waals surface area contributed by atoms with Gasteiger partial charge in [-0.15, -0.1) is 0 Å². The van der Waals surface area contributed by atoms with Gasteiger partial charge in [-0.05, 0) is 38.5 Å². The first-order valence-electron chi connectivity index (χ1n) is 8.43. The van der Waals surface area contributed by atoms with Crippen molar-refractivity contribution in [2.75, 3.05) is 0 Å². The van der Waals surface area contributed by atoms with Gasteiger partial charge in [-0.25, -0.2) is 0 Å². The van der Waals surface area contributed by atoms with E-state index in [0.717, 1.165) is 38.5 Å². The molecule has 0 aliphatic rings. The molecule has 4 nitrogen and oxygen atoms in total. The van der Waals surface area contributed by atoms with Crippen molar-refractivity contribution >= 4 is 5.97 Å². The van der Waals surface area contributed by atoms with E-state index >= 15 is 0 Å². The maximum Gasteiger partial charge on any atom is 0.0833 e. The van der Waals surface area contributed by atoms with Crippen LogP contribution in [0.1, 0.15) is 71.1 Å². The zero-order valence-electron chi connectivity index (χ0n) is 13.7. The fourth-order valence-corrected chi connectivity index (χ4v) is 2.18. The van der Waals surface area contributed by atoms with Gasteiger partial charge in [-0.2, -0.15) is 0 Å². The highest BCUT2D eigenvalue weighted by molar-refractivity contribution is 5.63. The van der Waals surface area contributed by atoms with Gasteiger partial charge >= 0.3 is 0 Å². The van der Waals surface area contributed by atoms with Crippen LogP contribution in [0.5, 0.6) is 0 Å². The molecule has 0 aromatic rings. The molecule has 0 aliphatic carbocycles. The van der Waals surface area contributed by atoms with Crippen molar-refractivity contribution in [3.05, 3.63) is 24.3 Å². The molecule has 0 aromatic heterocycles. The molecule has 4 heteroatoms. The average Bonchev–Trinajstić information content (AvgIpc) is 2.49. The van der Waals surface area contributed by atoms with Crippen molar-refractivity contribution in [1.82, 2.24) is 0 Å². The Morgan fingerprint density at radius 3 is 2.27 bits per heavy atom. The predicted molar refractivity (Wildman–Crippen MR) is 87.1 cm³/mol. The van der Waals surface area contributed by atoms with Crippen molar-refractivity contribution < 1.29 is 20.1 Å². The maximum absolute atomic E-state index is 10.2. The minimum absolute atomic E-state index is 0.126. The van der Waals surface area contributed by atoms with Gasteiger partial charge in [0.1, 0.15) is 0 Å². The number of hydrogen-bond donors (Lipinski definition) is 2. The number of hydrogen-bond acceptors (Lipinski definition) is 4. The van der Waals surface area contributed by atoms with Gasteiger partial charge in [-0.3, -0.25) is 0 Å². The van der Waals surface area contributed by atoms with Crippen molar-refractivity contribution in [2.24, 2.45) is 0 Å². The van der Waals surface area contributed by atoms with Gasteiger partial charge in [0.25, 0.3) is 0 Å². The summed E-state index contributed by atoms with van der Waals surface area (Å²) in [6.07, 6.45) is 14.1. The summed E-state index contributed by atoms with van der Waals surface area (Å²) >= 11 is 0. The van der Waals surface area contributed by atoms with Crippen LogP contribution < -0.4 is 5.11 Å². The fourth-order valence-electron chi connectivity index (χ4n) is 2.18. The summed E-state index contributed by atoms with van der Waals surface area (Å²) in [7, 11) is 0. The second-order valence-corrected chi connectivity index (χ2v) is 5.64. The molecule has 0 heterocycles. The quantitative estimate of drug-likeness (QED) is 0.381. The van der Waals surface area contributed by atoms with E-state index in [0.29, 0.717) is 19.3 Å². The first-order chi connectivity index (χ1) is 10.6. The molecule has 0 rings (SSSR count). The van der Waals surface area contributed by atoms with E-state index < -0.39 is 18.2 Å². The number of carbonyl (C=O) groups excluding carboxylic acids is 1. The lowest BCUT2D eigenvalue weighted by Crippen LogP contribution is -2.25. The molecule has 0 spiro atoms. The normalized spacial score (nSPS) is 14.7. The second kappa shape index (κ2) is 14.8. The molecular weight excluding hydrogens is 280 g/mol. The molecule has 0 amide bonds. The molecular formula is C18H31O4-. The molecule has 22 heavy (non-hydrogen) atoms. The molecule has 2 unspecified atom stereocenters. The third-order valence-electron chi connectivity index (χ3n) is 3.54. The van der Waals surface area contributed by atoms with Gasteiger partial charge in [0.15, 0.2) is 0 Å². The average molecular weight is 311 g/mol. The highest BCUT2D eigenvalue weighted by Crippen LogP contribution is 2.12. The van der Waals surface area contributed by atoms with E-state index in [-0.39, 0.29) is 6.42 Å². The van der Waals surface area contributed by atoms with E-state index in [9.17, 15) is 20.1 Å². The van der Waals surface area contributed by atoms with Crippen molar-refractivity contribution in [1.29, 1.82) is 0 Å². The number of aliphatic hydroxyl groups is 2. The van der Waals surface area contributed by atoms with E-state index in [4.69, 9.17) is 0 Å². The molecule has 2 N–H and O–H groups in total. The number of allylic oxidation sites excluding steroid dienone is 3. The number of carboxylic acid groups (broad SMARTS) is 1. The van der Waals surface area contributed by atoms with Crippen molar-refractivity contribution in [2.45, 2.75) is 83.3 Å². The van der Waals surface area contributed by atoms with Crippen molar-refractivity contribution in [3.8, 4) is 0 Å². The maximum atomic E-state index is 10.2. The lowest BCUT2D eigenvalue weighted by molar-refractivity contribution is -0.305. The van der Waals surface area contributed by atoms with Crippen LogP contribution in [0.2, 0.25) is 0 Å². The lowest BCUT2D eigenvalue weighted by Gasteiger charge is -2.16. The van der Waals surface area contributed by atoms with Crippen LogP contribution in [-0.4, -0.2) is 28.4 Å². The Labute approximate surface area is 134 Å². The van der Waals surface area contributed by atoms with Gasteiger partial charge in [0, 0.05) is 5.97 Å². The molecule has 0 saturated carbocycles. The van der Waals surface area contributed by atoms with Gasteiger partial charge < -0.3 is 20.1 Å². The molecule has 128 valence electrons. The van der Waals surface area contributed by atoms with E-state index in [1.165, 1.54) is 0 Å². The third-order valence-corrected chi connectivity index (χ3v) is 3.54. The Bertz CT molecular complexity index is 323. The Morgan fingerprint density at radius 2 is 1.59 bits per heavy atom. The van der Waals surface area contributed by atoms with Gasteiger partial charge in [-0.1, -0.05) is 56.9 Å². The van der Waals surface area contributed by atoms with Crippen LogP contribution in [0.25, 0.3) is 0 Å². The monoisotopic (exact) mass is 311 g/mol. The van der Waals surface area contributed by atoms with E-state index in [2.05, 4.69) is 19.1 Å². The number of unbranched alkanes of at least 4 members (excludes halogenated alkanes) is 4. The van der Waals surface area contributed by atoms with Gasteiger partial charge in [0.2, 0.25) is 0 Å².